The number of nitro groups is 1. The molecule has 1 aliphatic carbocycles. The summed E-state index contributed by atoms with van der Waals surface area (Å²) in [6, 6.07) is -1.80. The first-order chi connectivity index (χ1) is 9.94. The normalized spacial score (nSPS) is 25.6. The number of esters is 1. The Morgan fingerprint density at radius 2 is 2.10 bits per heavy atom. The van der Waals surface area contributed by atoms with Crippen LogP contribution in [0, 0.1) is 10.1 Å². The second-order valence-electron chi connectivity index (χ2n) is 5.09. The Morgan fingerprint density at radius 3 is 2.57 bits per heavy atom. The SMILES string of the molecule is CCOC(=O)C1=C[C@@H](OC(CC)CC)[C@H](N)C([N+](=O)[O-])C1. The van der Waals surface area contributed by atoms with Crippen LogP contribution in [0.15, 0.2) is 11.6 Å². The fraction of sp³-hybridized carbons (Fsp3) is 0.786. The van der Waals surface area contributed by atoms with Crippen LogP contribution >= 0.6 is 0 Å². The molecule has 0 aromatic carbocycles. The Morgan fingerprint density at radius 1 is 1.48 bits per heavy atom. The molecule has 0 amide bonds. The van der Waals surface area contributed by atoms with E-state index in [2.05, 4.69) is 0 Å². The predicted octanol–water partition coefficient (Wildman–Crippen LogP) is 1.43. The zero-order chi connectivity index (χ0) is 16.0. The number of ether oxygens (including phenoxy) is 2. The van der Waals surface area contributed by atoms with Crippen LogP contribution in [0.5, 0.6) is 0 Å². The molecule has 3 atom stereocenters. The van der Waals surface area contributed by atoms with Crippen molar-refractivity contribution >= 4 is 5.97 Å². The van der Waals surface area contributed by atoms with Gasteiger partial charge in [-0.2, -0.15) is 0 Å². The molecule has 0 heterocycles. The number of nitrogens with two attached hydrogens (primary N) is 1. The van der Waals surface area contributed by atoms with Crippen LogP contribution < -0.4 is 5.73 Å². The largest absolute Gasteiger partial charge is 0.463 e. The fourth-order valence-corrected chi connectivity index (χ4v) is 2.38. The van der Waals surface area contributed by atoms with Crippen molar-refractivity contribution in [2.24, 2.45) is 5.73 Å². The van der Waals surface area contributed by atoms with Crippen LogP contribution in [0.25, 0.3) is 0 Å². The van der Waals surface area contributed by atoms with Gasteiger partial charge in [-0.3, -0.25) is 10.1 Å². The molecule has 7 heteroatoms. The maximum Gasteiger partial charge on any atom is 0.334 e. The highest BCUT2D eigenvalue weighted by molar-refractivity contribution is 5.88. The molecule has 0 aromatic heterocycles. The smallest absolute Gasteiger partial charge is 0.334 e. The molecule has 7 nitrogen and oxygen atoms in total. The molecule has 21 heavy (non-hydrogen) atoms. The first-order valence-electron chi connectivity index (χ1n) is 7.36. The summed E-state index contributed by atoms with van der Waals surface area (Å²) >= 11 is 0. The molecule has 0 saturated heterocycles. The minimum atomic E-state index is -1.03. The highest BCUT2D eigenvalue weighted by Crippen LogP contribution is 2.25. The first kappa shape index (κ1) is 17.6. The van der Waals surface area contributed by atoms with E-state index in [-0.39, 0.29) is 24.7 Å². The Kier molecular flexibility index (Phi) is 6.77. The van der Waals surface area contributed by atoms with Gasteiger partial charge in [-0.1, -0.05) is 13.8 Å². The summed E-state index contributed by atoms with van der Waals surface area (Å²) < 4.78 is 10.8. The van der Waals surface area contributed by atoms with E-state index < -0.39 is 29.1 Å². The van der Waals surface area contributed by atoms with Crippen molar-refractivity contribution in [3.63, 3.8) is 0 Å². The summed E-state index contributed by atoms with van der Waals surface area (Å²) in [7, 11) is 0. The van der Waals surface area contributed by atoms with Crippen molar-refractivity contribution in [3.8, 4) is 0 Å². The molecule has 120 valence electrons. The van der Waals surface area contributed by atoms with E-state index in [1.165, 1.54) is 0 Å². The Labute approximate surface area is 124 Å². The van der Waals surface area contributed by atoms with Gasteiger partial charge in [0.15, 0.2) is 0 Å². The van der Waals surface area contributed by atoms with Gasteiger partial charge in [0.1, 0.15) is 6.04 Å². The van der Waals surface area contributed by atoms with Gasteiger partial charge in [-0.25, -0.2) is 4.79 Å². The van der Waals surface area contributed by atoms with Crippen LogP contribution in [0.4, 0.5) is 0 Å². The van der Waals surface area contributed by atoms with E-state index >= 15 is 0 Å². The van der Waals surface area contributed by atoms with Gasteiger partial charge in [-0.05, 0) is 25.8 Å². The van der Waals surface area contributed by atoms with Gasteiger partial charge >= 0.3 is 5.97 Å². The summed E-state index contributed by atoms with van der Waals surface area (Å²) in [5, 5.41) is 11.2. The van der Waals surface area contributed by atoms with Gasteiger partial charge in [0, 0.05) is 16.9 Å². The Bertz CT molecular complexity index is 406. The third kappa shape index (κ3) is 4.50. The lowest BCUT2D eigenvalue weighted by Crippen LogP contribution is -2.52. The maximum absolute atomic E-state index is 11.8. The van der Waals surface area contributed by atoms with Crippen LogP contribution in [0.1, 0.15) is 40.0 Å². The van der Waals surface area contributed by atoms with E-state index in [0.717, 1.165) is 12.8 Å². The lowest BCUT2D eigenvalue weighted by molar-refractivity contribution is -0.527. The average Bonchev–Trinajstić information content (AvgIpc) is 2.46. The molecule has 1 rings (SSSR count). The highest BCUT2D eigenvalue weighted by atomic mass is 16.6. The maximum atomic E-state index is 11.8. The molecule has 0 aliphatic heterocycles. The molecule has 0 saturated carbocycles. The van der Waals surface area contributed by atoms with E-state index in [0.29, 0.717) is 0 Å². The first-order valence-corrected chi connectivity index (χ1v) is 7.36. The summed E-state index contributed by atoms with van der Waals surface area (Å²) in [6.07, 6.45) is 2.46. The average molecular weight is 300 g/mol. The third-order valence-electron chi connectivity index (χ3n) is 3.69. The topological polar surface area (TPSA) is 105 Å². The lowest BCUT2D eigenvalue weighted by atomic mass is 9.88. The number of nitrogens with zero attached hydrogens (tertiary/aromatic N) is 1. The van der Waals surface area contributed by atoms with Crippen molar-refractivity contribution in [2.75, 3.05) is 6.61 Å². The predicted molar refractivity (Wildman–Crippen MR) is 77.3 cm³/mol. The molecule has 1 aliphatic rings. The van der Waals surface area contributed by atoms with Crippen LogP contribution in [-0.4, -0.2) is 41.8 Å². The standard InChI is InChI=1S/C14H24N2O5/c1-4-10(5-2)21-12-8-9(14(17)20-6-3)7-11(13(12)15)16(18)19/h8,10-13H,4-7,15H2,1-3H3/t11?,12-,13-/m1/s1. The number of rotatable bonds is 7. The third-order valence-corrected chi connectivity index (χ3v) is 3.69. The van der Waals surface area contributed by atoms with Crippen molar-refractivity contribution < 1.29 is 19.2 Å². The second kappa shape index (κ2) is 8.09. The van der Waals surface area contributed by atoms with Gasteiger partial charge in [0.25, 0.3) is 0 Å². The van der Waals surface area contributed by atoms with E-state index in [9.17, 15) is 14.9 Å². The van der Waals surface area contributed by atoms with Crippen molar-refractivity contribution in [2.45, 2.75) is 64.3 Å². The minimum Gasteiger partial charge on any atom is -0.463 e. The fourth-order valence-electron chi connectivity index (χ4n) is 2.38. The molecular formula is C14H24N2O5. The molecule has 1 unspecified atom stereocenters. The number of hydrogen-bond donors (Lipinski definition) is 1. The van der Waals surface area contributed by atoms with Gasteiger partial charge in [0.05, 0.1) is 18.8 Å². The van der Waals surface area contributed by atoms with Crippen LogP contribution in [0.2, 0.25) is 0 Å². The van der Waals surface area contributed by atoms with Crippen LogP contribution in [0.3, 0.4) is 0 Å². The Hall–Kier alpha value is -1.47. The zero-order valence-corrected chi connectivity index (χ0v) is 12.8. The van der Waals surface area contributed by atoms with Gasteiger partial charge in [0.2, 0.25) is 6.04 Å². The molecule has 2 N–H and O–H groups in total. The summed E-state index contributed by atoms with van der Waals surface area (Å²) in [4.78, 5) is 22.5. The van der Waals surface area contributed by atoms with E-state index in [1.54, 1.807) is 13.0 Å². The summed E-state index contributed by atoms with van der Waals surface area (Å²) in [5.41, 5.74) is 6.23. The molecule has 0 radical (unpaired) electrons. The highest BCUT2D eigenvalue weighted by Gasteiger charge is 2.41. The van der Waals surface area contributed by atoms with Crippen molar-refractivity contribution in [3.05, 3.63) is 21.8 Å². The summed E-state index contributed by atoms with van der Waals surface area (Å²) in [5.74, 6) is -0.533. The van der Waals surface area contributed by atoms with Crippen molar-refractivity contribution in [1.82, 2.24) is 0 Å². The van der Waals surface area contributed by atoms with Crippen molar-refractivity contribution in [1.29, 1.82) is 0 Å². The van der Waals surface area contributed by atoms with Crippen LogP contribution in [-0.2, 0) is 14.3 Å². The second-order valence-corrected chi connectivity index (χ2v) is 5.09. The number of carbonyl (C=O) groups is 1. The van der Waals surface area contributed by atoms with Gasteiger partial charge in [-0.15, -0.1) is 0 Å². The van der Waals surface area contributed by atoms with Gasteiger partial charge < -0.3 is 15.2 Å². The molecular weight excluding hydrogens is 276 g/mol. The molecule has 0 fully saturated rings. The Balaban J connectivity index is 2.97. The molecule has 0 spiro atoms. The van der Waals surface area contributed by atoms with E-state index in [4.69, 9.17) is 15.2 Å². The van der Waals surface area contributed by atoms with E-state index in [1.807, 2.05) is 13.8 Å². The monoisotopic (exact) mass is 300 g/mol. The number of hydrogen-bond acceptors (Lipinski definition) is 6. The minimum absolute atomic E-state index is 0.0181. The lowest BCUT2D eigenvalue weighted by Gasteiger charge is -2.31. The quantitative estimate of drug-likeness (QED) is 0.433. The molecule has 0 bridgehead atoms. The zero-order valence-electron chi connectivity index (χ0n) is 12.8. The summed E-state index contributed by atoms with van der Waals surface area (Å²) in [6.45, 7) is 5.87. The molecule has 0 aromatic rings. The number of carbonyl (C=O) groups excluding carboxylic acids is 1.